The molecule has 0 aliphatic heterocycles. The Morgan fingerprint density at radius 2 is 1.86 bits per heavy atom. The maximum absolute atomic E-state index is 13.7. The summed E-state index contributed by atoms with van der Waals surface area (Å²) in [5.74, 6) is 0.609. The van der Waals surface area contributed by atoms with Crippen LogP contribution < -0.4 is 10.1 Å². The molecule has 0 fully saturated rings. The number of halogens is 3. The lowest BCUT2D eigenvalue weighted by molar-refractivity contribution is -0.140. The number of alkyl halides is 3. The van der Waals surface area contributed by atoms with Gasteiger partial charge in [0.05, 0.1) is 18.1 Å². The largest absolute Gasteiger partial charge is 0.497 e. The Labute approximate surface area is 162 Å². The number of rotatable bonds is 7. The topological polar surface area (TPSA) is 39.1 Å². The van der Waals surface area contributed by atoms with Gasteiger partial charge in [0, 0.05) is 41.7 Å². The molecule has 0 aliphatic carbocycles. The first-order valence-electron chi connectivity index (χ1n) is 9.59. The molecule has 0 aliphatic rings. The number of pyridine rings is 1. The molecule has 7 heteroatoms. The Hall–Kier alpha value is -2.28. The SMILES string of the molecule is CCC(CC)NCC(C)n1c2cc(OC)ccc2c2ccnc(C(F)(F)F)c21. The number of methoxy groups -OCH3 is 1. The van der Waals surface area contributed by atoms with Gasteiger partial charge in [-0.25, -0.2) is 4.98 Å². The van der Waals surface area contributed by atoms with Crippen LogP contribution in [-0.4, -0.2) is 29.2 Å². The van der Waals surface area contributed by atoms with Crippen molar-refractivity contribution in [2.75, 3.05) is 13.7 Å². The summed E-state index contributed by atoms with van der Waals surface area (Å²) in [6.07, 6.45) is -1.36. The van der Waals surface area contributed by atoms with Crippen LogP contribution in [0.25, 0.3) is 21.8 Å². The highest BCUT2D eigenvalue weighted by molar-refractivity contribution is 6.09. The van der Waals surface area contributed by atoms with Gasteiger partial charge in [-0.3, -0.25) is 0 Å². The minimum absolute atomic E-state index is 0.122. The first-order valence-corrected chi connectivity index (χ1v) is 9.59. The Kier molecular flexibility index (Phi) is 5.84. The van der Waals surface area contributed by atoms with Gasteiger partial charge in [0.2, 0.25) is 0 Å². The van der Waals surface area contributed by atoms with Gasteiger partial charge in [-0.05, 0) is 38.0 Å². The van der Waals surface area contributed by atoms with Gasteiger partial charge in [-0.15, -0.1) is 0 Å². The summed E-state index contributed by atoms with van der Waals surface area (Å²) in [5, 5.41) is 4.78. The highest BCUT2D eigenvalue weighted by atomic mass is 19.4. The van der Waals surface area contributed by atoms with E-state index in [1.165, 1.54) is 6.20 Å². The number of fused-ring (bicyclic) bond motifs is 3. The molecule has 0 bridgehead atoms. The zero-order valence-electron chi connectivity index (χ0n) is 16.6. The van der Waals surface area contributed by atoms with Crippen LogP contribution in [0.5, 0.6) is 5.75 Å². The quantitative estimate of drug-likeness (QED) is 0.571. The number of nitrogens with one attached hydrogen (secondary N) is 1. The van der Waals surface area contributed by atoms with Gasteiger partial charge in [-0.2, -0.15) is 13.2 Å². The van der Waals surface area contributed by atoms with Crippen LogP contribution in [0, 0.1) is 0 Å². The summed E-state index contributed by atoms with van der Waals surface area (Å²) < 4.78 is 48.3. The van der Waals surface area contributed by atoms with Crippen molar-refractivity contribution in [3.63, 3.8) is 0 Å². The number of hydrogen-bond donors (Lipinski definition) is 1. The summed E-state index contributed by atoms with van der Waals surface area (Å²) >= 11 is 0. The summed E-state index contributed by atoms with van der Waals surface area (Å²) in [6, 6.07) is 7.17. The molecule has 0 spiro atoms. The molecule has 3 aromatic rings. The van der Waals surface area contributed by atoms with E-state index in [0.29, 0.717) is 29.2 Å². The Morgan fingerprint density at radius 1 is 1.14 bits per heavy atom. The molecule has 152 valence electrons. The van der Waals surface area contributed by atoms with Crippen LogP contribution in [0.1, 0.15) is 45.3 Å². The van der Waals surface area contributed by atoms with E-state index in [4.69, 9.17) is 4.74 Å². The summed E-state index contributed by atoms with van der Waals surface area (Å²) in [6.45, 7) is 6.70. The van der Waals surface area contributed by atoms with E-state index in [1.54, 1.807) is 29.9 Å². The average Bonchev–Trinajstić information content (AvgIpc) is 3.01. The molecule has 28 heavy (non-hydrogen) atoms. The molecule has 4 nitrogen and oxygen atoms in total. The smallest absolute Gasteiger partial charge is 0.435 e. The lowest BCUT2D eigenvalue weighted by atomic mass is 10.1. The van der Waals surface area contributed by atoms with Crippen molar-refractivity contribution in [1.29, 1.82) is 0 Å². The second kappa shape index (κ2) is 7.99. The molecule has 2 heterocycles. The molecule has 0 radical (unpaired) electrons. The highest BCUT2D eigenvalue weighted by Crippen LogP contribution is 2.40. The van der Waals surface area contributed by atoms with Crippen molar-refractivity contribution in [2.24, 2.45) is 0 Å². The molecule has 3 rings (SSSR count). The van der Waals surface area contributed by atoms with Crippen molar-refractivity contribution < 1.29 is 17.9 Å². The van der Waals surface area contributed by atoms with Crippen molar-refractivity contribution in [2.45, 2.75) is 51.9 Å². The van der Waals surface area contributed by atoms with E-state index in [2.05, 4.69) is 24.1 Å². The minimum atomic E-state index is -4.53. The van der Waals surface area contributed by atoms with Crippen LogP contribution in [-0.2, 0) is 6.18 Å². The first kappa shape index (κ1) is 20.5. The summed E-state index contributed by atoms with van der Waals surface area (Å²) in [4.78, 5) is 3.69. The van der Waals surface area contributed by atoms with Crippen molar-refractivity contribution in [3.05, 3.63) is 36.2 Å². The maximum Gasteiger partial charge on any atom is 0.435 e. The summed E-state index contributed by atoms with van der Waals surface area (Å²) in [5.41, 5.74) is -0.0154. The van der Waals surface area contributed by atoms with Crippen molar-refractivity contribution in [3.8, 4) is 5.75 Å². The van der Waals surface area contributed by atoms with E-state index in [9.17, 15) is 13.2 Å². The molecular formula is C21H26F3N3O. The Balaban J connectivity index is 2.24. The lowest BCUT2D eigenvalue weighted by Crippen LogP contribution is -2.32. The van der Waals surface area contributed by atoms with Crippen LogP contribution in [0.15, 0.2) is 30.5 Å². The zero-order chi connectivity index (χ0) is 20.5. The molecule has 2 aromatic heterocycles. The predicted molar refractivity (Wildman–Crippen MR) is 106 cm³/mol. The number of benzene rings is 1. The third-order valence-corrected chi connectivity index (χ3v) is 5.32. The maximum atomic E-state index is 13.7. The molecule has 1 unspecified atom stereocenters. The van der Waals surface area contributed by atoms with Crippen molar-refractivity contribution in [1.82, 2.24) is 14.9 Å². The van der Waals surface area contributed by atoms with Crippen molar-refractivity contribution >= 4 is 21.8 Å². The molecule has 0 saturated carbocycles. The molecule has 1 aromatic carbocycles. The van der Waals surface area contributed by atoms with Gasteiger partial charge >= 0.3 is 6.18 Å². The molecule has 1 N–H and O–H groups in total. The fourth-order valence-corrected chi connectivity index (χ4v) is 3.77. The fourth-order valence-electron chi connectivity index (χ4n) is 3.77. The van der Waals surface area contributed by atoms with E-state index in [-0.39, 0.29) is 11.6 Å². The first-order chi connectivity index (χ1) is 13.3. The van der Waals surface area contributed by atoms with E-state index < -0.39 is 11.9 Å². The summed E-state index contributed by atoms with van der Waals surface area (Å²) in [7, 11) is 1.55. The van der Waals surface area contributed by atoms with Gasteiger partial charge in [-0.1, -0.05) is 13.8 Å². The van der Waals surface area contributed by atoms with E-state index >= 15 is 0 Å². The van der Waals surface area contributed by atoms with E-state index in [0.717, 1.165) is 18.2 Å². The number of nitrogens with zero attached hydrogens (tertiary/aromatic N) is 2. The average molecular weight is 393 g/mol. The Bertz CT molecular complexity index is 961. The van der Waals surface area contributed by atoms with Gasteiger partial charge in [0.15, 0.2) is 5.69 Å². The van der Waals surface area contributed by atoms with Gasteiger partial charge in [0.25, 0.3) is 0 Å². The van der Waals surface area contributed by atoms with Crippen LogP contribution in [0.4, 0.5) is 13.2 Å². The normalized spacial score (nSPS) is 13.6. The number of aromatic nitrogens is 2. The van der Waals surface area contributed by atoms with Crippen LogP contribution in [0.2, 0.25) is 0 Å². The second-order valence-corrected chi connectivity index (χ2v) is 7.08. The Morgan fingerprint density at radius 3 is 2.46 bits per heavy atom. The monoisotopic (exact) mass is 393 g/mol. The minimum Gasteiger partial charge on any atom is -0.497 e. The fraction of sp³-hybridized carbons (Fsp3) is 0.476. The van der Waals surface area contributed by atoms with Gasteiger partial charge in [0.1, 0.15) is 5.75 Å². The number of ether oxygens (including phenoxy) is 1. The zero-order valence-corrected chi connectivity index (χ0v) is 16.6. The molecule has 0 amide bonds. The molecular weight excluding hydrogens is 367 g/mol. The second-order valence-electron chi connectivity index (χ2n) is 7.08. The van der Waals surface area contributed by atoms with Crippen LogP contribution in [0.3, 0.4) is 0 Å². The lowest BCUT2D eigenvalue weighted by Gasteiger charge is -2.22. The highest BCUT2D eigenvalue weighted by Gasteiger charge is 2.37. The number of hydrogen-bond acceptors (Lipinski definition) is 3. The van der Waals surface area contributed by atoms with Gasteiger partial charge < -0.3 is 14.6 Å². The standard InChI is InChI=1S/C21H26F3N3O/c1-5-14(6-2)26-12-13(3)27-18-11-15(28-4)7-8-16(18)17-9-10-25-20(19(17)27)21(22,23)24/h7-11,13-14,26H,5-6,12H2,1-4H3. The molecule has 0 saturated heterocycles. The van der Waals surface area contributed by atoms with Crippen LogP contribution >= 0.6 is 0 Å². The third-order valence-electron chi connectivity index (χ3n) is 5.32. The third kappa shape index (κ3) is 3.68. The molecule has 1 atom stereocenters. The van der Waals surface area contributed by atoms with E-state index in [1.807, 2.05) is 13.0 Å². The predicted octanol–water partition coefficient (Wildman–Crippen LogP) is 5.56.